The highest BCUT2D eigenvalue weighted by Gasteiger charge is 2.16. The van der Waals surface area contributed by atoms with E-state index < -0.39 is 0 Å². The van der Waals surface area contributed by atoms with Crippen LogP contribution in [0, 0.1) is 0 Å². The van der Waals surface area contributed by atoms with Gasteiger partial charge in [0.05, 0.1) is 18.7 Å². The Morgan fingerprint density at radius 1 is 1.14 bits per heavy atom. The number of hydrogen-bond acceptors (Lipinski definition) is 2. The van der Waals surface area contributed by atoms with Crippen molar-refractivity contribution in [2.75, 3.05) is 6.54 Å². The van der Waals surface area contributed by atoms with Gasteiger partial charge in [0.2, 0.25) is 0 Å². The van der Waals surface area contributed by atoms with E-state index in [-0.39, 0.29) is 12.3 Å². The molecule has 0 saturated carbocycles. The minimum Gasteiger partial charge on any atom is -0.297 e. The molecular formula is C10H7Cl2NO. The number of benzene rings is 1. The van der Waals surface area contributed by atoms with Crippen molar-refractivity contribution in [2.24, 2.45) is 4.99 Å². The molecule has 0 aromatic heterocycles. The molecule has 2 nitrogen and oxygen atoms in total. The van der Waals surface area contributed by atoms with Crippen LogP contribution < -0.4 is 0 Å². The summed E-state index contributed by atoms with van der Waals surface area (Å²) in [6.45, 7) is 0.277. The number of nitrogens with zero attached hydrogens (tertiary/aromatic N) is 1. The van der Waals surface area contributed by atoms with Crippen LogP contribution in [0.5, 0.6) is 0 Å². The second kappa shape index (κ2) is 3.71. The van der Waals surface area contributed by atoms with Crippen molar-refractivity contribution in [1.29, 1.82) is 0 Å². The summed E-state index contributed by atoms with van der Waals surface area (Å²) in [5, 5.41) is 1.13. The number of carbonyl (C=O) groups is 1. The lowest BCUT2D eigenvalue weighted by molar-refractivity contribution is -0.116. The van der Waals surface area contributed by atoms with Gasteiger partial charge in [0.25, 0.3) is 0 Å². The Hall–Kier alpha value is -0.860. The van der Waals surface area contributed by atoms with Crippen LogP contribution in [0.4, 0.5) is 0 Å². The lowest BCUT2D eigenvalue weighted by Crippen LogP contribution is -2.00. The van der Waals surface area contributed by atoms with Crippen LogP contribution in [0.3, 0.4) is 0 Å². The van der Waals surface area contributed by atoms with Crippen molar-refractivity contribution < 1.29 is 4.79 Å². The highest BCUT2D eigenvalue weighted by atomic mass is 35.5. The third-order valence-electron chi connectivity index (χ3n) is 2.01. The number of aliphatic imine (C=N–C) groups is 1. The fourth-order valence-electron chi connectivity index (χ4n) is 1.40. The van der Waals surface area contributed by atoms with Gasteiger partial charge in [-0.2, -0.15) is 0 Å². The first-order valence-corrected chi connectivity index (χ1v) is 4.92. The van der Waals surface area contributed by atoms with Gasteiger partial charge in [-0.1, -0.05) is 23.2 Å². The number of rotatable bonds is 1. The summed E-state index contributed by atoms with van der Waals surface area (Å²) in [6.07, 6.45) is 0.386. The average Bonchev–Trinajstić information content (AvgIpc) is 2.50. The van der Waals surface area contributed by atoms with Gasteiger partial charge in [-0.25, -0.2) is 0 Å². The number of Topliss-reactive ketones (excluding diaryl/α,β-unsaturated/α-hetero) is 1. The third kappa shape index (κ3) is 1.97. The molecule has 0 aliphatic carbocycles. The Morgan fingerprint density at radius 3 is 2.29 bits per heavy atom. The second-order valence-corrected chi connectivity index (χ2v) is 4.01. The van der Waals surface area contributed by atoms with E-state index in [1.54, 1.807) is 18.2 Å². The van der Waals surface area contributed by atoms with E-state index in [4.69, 9.17) is 23.2 Å². The zero-order chi connectivity index (χ0) is 10.1. The van der Waals surface area contributed by atoms with Crippen LogP contribution in [0.1, 0.15) is 12.0 Å². The van der Waals surface area contributed by atoms with Gasteiger partial charge in [0.1, 0.15) is 0 Å². The van der Waals surface area contributed by atoms with Gasteiger partial charge in [-0.15, -0.1) is 0 Å². The van der Waals surface area contributed by atoms with Crippen molar-refractivity contribution in [3.8, 4) is 0 Å². The maximum atomic E-state index is 11.0. The lowest BCUT2D eigenvalue weighted by atomic mass is 10.1. The Balaban J connectivity index is 2.37. The summed E-state index contributed by atoms with van der Waals surface area (Å²) >= 11 is 11.7. The molecule has 1 heterocycles. The summed E-state index contributed by atoms with van der Waals surface area (Å²) in [5.41, 5.74) is 1.62. The van der Waals surface area contributed by atoms with E-state index in [1.807, 2.05) is 0 Å². The Morgan fingerprint density at radius 2 is 1.79 bits per heavy atom. The molecule has 0 spiro atoms. The quantitative estimate of drug-likeness (QED) is 0.726. The van der Waals surface area contributed by atoms with Crippen molar-refractivity contribution in [1.82, 2.24) is 0 Å². The SMILES string of the molecule is O=C1CN=C(c2cc(Cl)cc(Cl)c2)C1. The molecule has 1 aromatic rings. The van der Waals surface area contributed by atoms with Crippen LogP contribution in [0.15, 0.2) is 23.2 Å². The zero-order valence-corrected chi connectivity index (χ0v) is 8.77. The molecule has 4 heteroatoms. The van der Waals surface area contributed by atoms with E-state index in [9.17, 15) is 4.79 Å². The molecule has 0 amide bonds. The summed E-state index contributed by atoms with van der Waals surface area (Å²) in [4.78, 5) is 15.1. The van der Waals surface area contributed by atoms with Crippen molar-refractivity contribution in [2.45, 2.75) is 6.42 Å². The van der Waals surface area contributed by atoms with E-state index in [0.717, 1.165) is 11.3 Å². The van der Waals surface area contributed by atoms with E-state index in [2.05, 4.69) is 4.99 Å². The van der Waals surface area contributed by atoms with Gasteiger partial charge in [-0.05, 0) is 23.8 Å². The standard InChI is InChI=1S/C10H7Cl2NO/c11-7-1-6(2-8(12)3-7)10-4-9(14)5-13-10/h1-3H,4-5H2. The largest absolute Gasteiger partial charge is 0.297 e. The van der Waals surface area contributed by atoms with Gasteiger partial charge in [0.15, 0.2) is 5.78 Å². The molecule has 0 N–H and O–H groups in total. The van der Waals surface area contributed by atoms with E-state index >= 15 is 0 Å². The Bertz CT molecular complexity index is 406. The summed E-state index contributed by atoms with van der Waals surface area (Å²) < 4.78 is 0. The van der Waals surface area contributed by atoms with E-state index in [1.165, 1.54) is 0 Å². The van der Waals surface area contributed by atoms with Crippen LogP contribution >= 0.6 is 23.2 Å². The molecule has 0 atom stereocenters. The van der Waals surface area contributed by atoms with Crippen molar-refractivity contribution >= 4 is 34.7 Å². The maximum Gasteiger partial charge on any atom is 0.160 e. The molecule has 14 heavy (non-hydrogen) atoms. The van der Waals surface area contributed by atoms with Gasteiger partial charge in [0, 0.05) is 10.0 Å². The van der Waals surface area contributed by atoms with Gasteiger partial charge < -0.3 is 0 Å². The van der Waals surface area contributed by atoms with Gasteiger partial charge in [-0.3, -0.25) is 9.79 Å². The molecule has 0 unspecified atom stereocenters. The molecule has 0 saturated heterocycles. The fraction of sp³-hybridized carbons (Fsp3) is 0.200. The van der Waals surface area contributed by atoms with Crippen LogP contribution in [0.2, 0.25) is 10.0 Å². The second-order valence-electron chi connectivity index (χ2n) is 3.14. The molecule has 1 aliphatic rings. The molecule has 0 fully saturated rings. The lowest BCUT2D eigenvalue weighted by Gasteiger charge is -2.01. The molecular weight excluding hydrogens is 221 g/mol. The predicted molar refractivity (Wildman–Crippen MR) is 57.5 cm³/mol. The van der Waals surface area contributed by atoms with E-state index in [0.29, 0.717) is 16.5 Å². The highest BCUT2D eigenvalue weighted by Crippen LogP contribution is 2.21. The minimum atomic E-state index is 0.135. The highest BCUT2D eigenvalue weighted by molar-refractivity contribution is 6.35. The molecule has 2 rings (SSSR count). The molecule has 0 radical (unpaired) electrons. The summed E-state index contributed by atoms with van der Waals surface area (Å²) in [7, 11) is 0. The summed E-state index contributed by atoms with van der Waals surface area (Å²) in [5.74, 6) is 0.135. The Kier molecular flexibility index (Phi) is 2.57. The molecule has 1 aromatic carbocycles. The van der Waals surface area contributed by atoms with Crippen LogP contribution in [0.25, 0.3) is 0 Å². The molecule has 0 bridgehead atoms. The van der Waals surface area contributed by atoms with Crippen molar-refractivity contribution in [3.63, 3.8) is 0 Å². The topological polar surface area (TPSA) is 29.4 Å². The average molecular weight is 228 g/mol. The van der Waals surface area contributed by atoms with Crippen molar-refractivity contribution in [3.05, 3.63) is 33.8 Å². The normalized spacial score (nSPS) is 15.9. The number of ketones is 1. The van der Waals surface area contributed by atoms with Gasteiger partial charge >= 0.3 is 0 Å². The summed E-state index contributed by atoms with van der Waals surface area (Å²) in [6, 6.07) is 5.19. The maximum absolute atomic E-state index is 11.0. The third-order valence-corrected chi connectivity index (χ3v) is 2.44. The number of halogens is 2. The molecule has 1 aliphatic heterocycles. The minimum absolute atomic E-state index is 0.135. The predicted octanol–water partition coefficient (Wildman–Crippen LogP) is 2.76. The first-order chi connectivity index (χ1) is 6.65. The Labute approximate surface area is 91.5 Å². The smallest absolute Gasteiger partial charge is 0.160 e. The number of hydrogen-bond donors (Lipinski definition) is 0. The first kappa shape index (κ1) is 9.69. The van der Waals surface area contributed by atoms with Crippen LogP contribution in [-0.4, -0.2) is 18.0 Å². The zero-order valence-electron chi connectivity index (χ0n) is 7.26. The fourth-order valence-corrected chi connectivity index (χ4v) is 1.92. The van der Waals surface area contributed by atoms with Crippen LogP contribution in [-0.2, 0) is 4.79 Å². The monoisotopic (exact) mass is 227 g/mol. The first-order valence-electron chi connectivity index (χ1n) is 4.16. The molecule has 72 valence electrons. The number of carbonyl (C=O) groups excluding carboxylic acids is 1.